The molecule has 1 aliphatic rings. The second-order valence-corrected chi connectivity index (χ2v) is 6.89. The Hall–Kier alpha value is -3.33. The van der Waals surface area contributed by atoms with Crippen molar-refractivity contribution in [3.8, 4) is 0 Å². The van der Waals surface area contributed by atoms with E-state index in [9.17, 15) is 14.4 Å². The van der Waals surface area contributed by atoms with Gasteiger partial charge in [0.2, 0.25) is 0 Å². The Bertz CT molecular complexity index is 859. The molecule has 3 rings (SSSR count). The number of hydrogen-bond donors (Lipinski definition) is 2. The minimum atomic E-state index is -1.03. The van der Waals surface area contributed by atoms with E-state index in [0.717, 1.165) is 18.8 Å². The van der Waals surface area contributed by atoms with Crippen LogP contribution in [0.1, 0.15) is 24.4 Å². The molecule has 0 unspecified atom stereocenters. The third kappa shape index (κ3) is 5.60. The lowest BCUT2D eigenvalue weighted by Gasteiger charge is -2.29. The highest BCUT2D eigenvalue weighted by molar-refractivity contribution is 5.97. The number of rotatable bonds is 7. The monoisotopic (exact) mass is 415 g/mol. The number of anilines is 2. The number of esters is 1. The number of benzene rings is 1. The van der Waals surface area contributed by atoms with Crippen LogP contribution in [0.4, 0.5) is 11.4 Å². The molecule has 1 aromatic heterocycles. The fourth-order valence-corrected chi connectivity index (χ4v) is 2.89. The summed E-state index contributed by atoms with van der Waals surface area (Å²) < 4.78 is 15.5. The maximum absolute atomic E-state index is 12.3. The van der Waals surface area contributed by atoms with Crippen LogP contribution < -0.4 is 15.5 Å². The second kappa shape index (κ2) is 9.93. The highest BCUT2D eigenvalue weighted by atomic mass is 16.5. The molecule has 1 aliphatic heterocycles. The first-order chi connectivity index (χ1) is 14.4. The van der Waals surface area contributed by atoms with Gasteiger partial charge in [-0.25, -0.2) is 4.79 Å². The standard InChI is InChI=1S/C21H25N3O6/c1-14(22-20(26)18-4-3-11-29-18)21(27)30-15(2)19(25)23-16-5-7-17(8-6-16)24-9-12-28-13-10-24/h3-8,11,14-15H,9-10,12-13H2,1-2H3,(H,22,26)(H,23,25)/t14-,15+/m0/s1. The number of carbonyl (C=O) groups excluding carboxylic acids is 3. The molecule has 0 saturated carbocycles. The van der Waals surface area contributed by atoms with E-state index in [2.05, 4.69) is 15.5 Å². The van der Waals surface area contributed by atoms with Crippen molar-refractivity contribution in [3.05, 3.63) is 48.4 Å². The first kappa shape index (κ1) is 21.4. The Balaban J connectivity index is 1.47. The van der Waals surface area contributed by atoms with Crippen LogP contribution in [0.2, 0.25) is 0 Å². The molecule has 1 fully saturated rings. The summed E-state index contributed by atoms with van der Waals surface area (Å²) in [7, 11) is 0. The minimum absolute atomic E-state index is 0.0842. The largest absolute Gasteiger partial charge is 0.459 e. The van der Waals surface area contributed by atoms with E-state index in [4.69, 9.17) is 13.9 Å². The molecule has 30 heavy (non-hydrogen) atoms. The molecule has 9 nitrogen and oxygen atoms in total. The average molecular weight is 415 g/mol. The molecule has 1 saturated heterocycles. The number of hydrogen-bond acceptors (Lipinski definition) is 7. The van der Waals surface area contributed by atoms with E-state index in [1.165, 1.54) is 26.2 Å². The lowest BCUT2D eigenvalue weighted by molar-refractivity contribution is -0.154. The molecule has 0 radical (unpaired) electrons. The molecule has 0 spiro atoms. The summed E-state index contributed by atoms with van der Waals surface area (Å²) in [6.45, 7) is 5.98. The number of amides is 2. The van der Waals surface area contributed by atoms with Crippen LogP contribution in [0, 0.1) is 0 Å². The third-order valence-corrected chi connectivity index (χ3v) is 4.62. The molecule has 9 heteroatoms. The smallest absolute Gasteiger partial charge is 0.329 e. The van der Waals surface area contributed by atoms with Crippen LogP contribution >= 0.6 is 0 Å². The normalized spacial score (nSPS) is 15.7. The van der Waals surface area contributed by atoms with E-state index < -0.39 is 29.9 Å². The maximum atomic E-state index is 12.3. The van der Waals surface area contributed by atoms with Crippen molar-refractivity contribution < 1.29 is 28.3 Å². The molecule has 2 atom stereocenters. The Labute approximate surface area is 174 Å². The van der Waals surface area contributed by atoms with Crippen LogP contribution in [-0.2, 0) is 19.1 Å². The van der Waals surface area contributed by atoms with Crippen molar-refractivity contribution in [2.75, 3.05) is 36.5 Å². The van der Waals surface area contributed by atoms with Gasteiger partial charge < -0.3 is 29.4 Å². The molecule has 160 valence electrons. The predicted octanol–water partition coefficient (Wildman–Crippen LogP) is 1.80. The van der Waals surface area contributed by atoms with E-state index in [-0.39, 0.29) is 5.76 Å². The van der Waals surface area contributed by atoms with Crippen LogP contribution in [0.25, 0.3) is 0 Å². The zero-order chi connectivity index (χ0) is 21.5. The number of nitrogens with zero attached hydrogens (tertiary/aromatic N) is 1. The van der Waals surface area contributed by atoms with E-state index in [1.54, 1.807) is 18.2 Å². The van der Waals surface area contributed by atoms with Crippen LogP contribution in [0.3, 0.4) is 0 Å². The fraction of sp³-hybridized carbons (Fsp3) is 0.381. The van der Waals surface area contributed by atoms with Crippen molar-refractivity contribution in [1.29, 1.82) is 0 Å². The van der Waals surface area contributed by atoms with Gasteiger partial charge in [-0.05, 0) is 50.2 Å². The van der Waals surface area contributed by atoms with Crippen molar-refractivity contribution in [2.45, 2.75) is 26.0 Å². The van der Waals surface area contributed by atoms with E-state index in [1.807, 2.05) is 12.1 Å². The number of ether oxygens (including phenoxy) is 2. The summed E-state index contributed by atoms with van der Waals surface area (Å²) in [5.41, 5.74) is 1.65. The SMILES string of the molecule is C[C@H](NC(=O)c1ccco1)C(=O)O[C@H](C)C(=O)Nc1ccc(N2CCOCC2)cc1. The molecule has 0 bridgehead atoms. The van der Waals surface area contributed by atoms with Gasteiger partial charge in [0.1, 0.15) is 6.04 Å². The fourth-order valence-electron chi connectivity index (χ4n) is 2.89. The third-order valence-electron chi connectivity index (χ3n) is 4.62. The Morgan fingerprint density at radius 3 is 2.40 bits per heavy atom. The second-order valence-electron chi connectivity index (χ2n) is 6.89. The lowest BCUT2D eigenvalue weighted by Crippen LogP contribution is -2.42. The van der Waals surface area contributed by atoms with E-state index >= 15 is 0 Å². The van der Waals surface area contributed by atoms with Crippen LogP contribution in [-0.4, -0.2) is 56.2 Å². The Morgan fingerprint density at radius 2 is 1.77 bits per heavy atom. The van der Waals surface area contributed by atoms with Gasteiger partial charge in [0.05, 0.1) is 19.5 Å². The van der Waals surface area contributed by atoms with Crippen molar-refractivity contribution in [2.24, 2.45) is 0 Å². The van der Waals surface area contributed by atoms with Gasteiger partial charge in [-0.15, -0.1) is 0 Å². The van der Waals surface area contributed by atoms with Gasteiger partial charge in [0, 0.05) is 24.5 Å². The molecule has 2 heterocycles. The lowest BCUT2D eigenvalue weighted by atomic mass is 10.2. The molecule has 1 aromatic carbocycles. The number of furan rings is 1. The van der Waals surface area contributed by atoms with Gasteiger partial charge in [0.15, 0.2) is 11.9 Å². The topological polar surface area (TPSA) is 110 Å². The Kier molecular flexibility index (Phi) is 7.08. The number of nitrogens with one attached hydrogen (secondary N) is 2. The molecule has 0 aliphatic carbocycles. The van der Waals surface area contributed by atoms with Gasteiger partial charge in [-0.1, -0.05) is 0 Å². The summed E-state index contributed by atoms with van der Waals surface area (Å²) in [6, 6.07) is 9.54. The zero-order valence-electron chi connectivity index (χ0n) is 16.9. The quantitative estimate of drug-likeness (QED) is 0.664. The molecular weight excluding hydrogens is 390 g/mol. The van der Waals surface area contributed by atoms with Gasteiger partial charge >= 0.3 is 5.97 Å². The summed E-state index contributed by atoms with van der Waals surface area (Å²) in [5.74, 6) is -1.64. The van der Waals surface area contributed by atoms with Crippen LogP contribution in [0.15, 0.2) is 47.1 Å². The van der Waals surface area contributed by atoms with E-state index in [0.29, 0.717) is 18.9 Å². The van der Waals surface area contributed by atoms with Gasteiger partial charge in [-0.2, -0.15) is 0 Å². The minimum Gasteiger partial charge on any atom is -0.459 e. The van der Waals surface area contributed by atoms with Crippen molar-refractivity contribution in [3.63, 3.8) is 0 Å². The van der Waals surface area contributed by atoms with Crippen molar-refractivity contribution in [1.82, 2.24) is 5.32 Å². The Morgan fingerprint density at radius 1 is 1.07 bits per heavy atom. The first-order valence-corrected chi connectivity index (χ1v) is 9.72. The predicted molar refractivity (Wildman–Crippen MR) is 109 cm³/mol. The van der Waals surface area contributed by atoms with Crippen LogP contribution in [0.5, 0.6) is 0 Å². The number of carbonyl (C=O) groups is 3. The summed E-state index contributed by atoms with van der Waals surface area (Å²) in [6.07, 6.45) is 0.331. The molecule has 2 aromatic rings. The zero-order valence-corrected chi connectivity index (χ0v) is 16.9. The van der Waals surface area contributed by atoms with Gasteiger partial charge in [0.25, 0.3) is 11.8 Å². The average Bonchev–Trinajstić information content (AvgIpc) is 3.30. The van der Waals surface area contributed by atoms with Gasteiger partial charge in [-0.3, -0.25) is 9.59 Å². The highest BCUT2D eigenvalue weighted by Crippen LogP contribution is 2.19. The van der Waals surface area contributed by atoms with Crippen molar-refractivity contribution >= 4 is 29.2 Å². The summed E-state index contributed by atoms with van der Waals surface area (Å²) in [5, 5.41) is 5.18. The summed E-state index contributed by atoms with van der Waals surface area (Å²) >= 11 is 0. The molecular formula is C21H25N3O6. The maximum Gasteiger partial charge on any atom is 0.329 e. The number of morpholine rings is 1. The summed E-state index contributed by atoms with van der Waals surface area (Å²) in [4.78, 5) is 38.6. The molecule has 2 amide bonds. The molecule has 2 N–H and O–H groups in total. The first-order valence-electron chi connectivity index (χ1n) is 9.72. The highest BCUT2D eigenvalue weighted by Gasteiger charge is 2.24.